The van der Waals surface area contributed by atoms with Crippen molar-refractivity contribution in [1.82, 2.24) is 14.8 Å². The predicted octanol–water partition coefficient (Wildman–Crippen LogP) is 2.50. The molecule has 0 radical (unpaired) electrons. The van der Waals surface area contributed by atoms with E-state index in [0.29, 0.717) is 12.0 Å². The molecule has 0 aliphatic heterocycles. The largest absolute Gasteiger partial charge is 0.321 e. The first-order chi connectivity index (χ1) is 8.27. The Labute approximate surface area is 103 Å². The summed E-state index contributed by atoms with van der Waals surface area (Å²) in [5, 5.41) is 8.57. The molecule has 0 bridgehead atoms. The number of nitrogens with two attached hydrogens (primary N) is 1. The van der Waals surface area contributed by atoms with Gasteiger partial charge in [0.15, 0.2) is 5.82 Å². The Balaban J connectivity index is 1.82. The van der Waals surface area contributed by atoms with Gasteiger partial charge in [-0.1, -0.05) is 19.3 Å². The Morgan fingerprint density at radius 3 is 2.47 bits per heavy atom. The Hall–Kier alpha value is -0.900. The monoisotopic (exact) mass is 234 g/mol. The molecule has 2 fully saturated rings. The van der Waals surface area contributed by atoms with Crippen LogP contribution in [0.5, 0.6) is 0 Å². The van der Waals surface area contributed by atoms with Gasteiger partial charge in [0.1, 0.15) is 5.82 Å². The van der Waals surface area contributed by atoms with Gasteiger partial charge in [0.25, 0.3) is 0 Å². The Bertz CT molecular complexity index is 388. The van der Waals surface area contributed by atoms with Gasteiger partial charge in [0.2, 0.25) is 0 Å². The quantitative estimate of drug-likeness (QED) is 0.874. The Morgan fingerprint density at radius 1 is 1.12 bits per heavy atom. The minimum absolute atomic E-state index is 0.0945. The van der Waals surface area contributed by atoms with Crippen LogP contribution in [-0.4, -0.2) is 14.8 Å². The van der Waals surface area contributed by atoms with Gasteiger partial charge in [-0.25, -0.2) is 0 Å². The Kier molecular flexibility index (Phi) is 2.90. The molecule has 17 heavy (non-hydrogen) atoms. The smallest absolute Gasteiger partial charge is 0.150 e. The highest BCUT2D eigenvalue weighted by molar-refractivity contribution is 5.06. The number of aryl methyl sites for hydroxylation is 1. The summed E-state index contributed by atoms with van der Waals surface area (Å²) in [6.07, 6.45) is 9.09. The number of nitrogens with zero attached hydrogens (tertiary/aromatic N) is 3. The van der Waals surface area contributed by atoms with E-state index in [-0.39, 0.29) is 6.04 Å². The maximum Gasteiger partial charge on any atom is 0.150 e. The summed E-state index contributed by atoms with van der Waals surface area (Å²) in [5.41, 5.74) is 6.43. The second kappa shape index (κ2) is 4.41. The lowest BCUT2D eigenvalue weighted by atomic mass is 9.84. The summed E-state index contributed by atoms with van der Waals surface area (Å²) >= 11 is 0. The van der Waals surface area contributed by atoms with Crippen LogP contribution in [0.15, 0.2) is 0 Å². The molecule has 1 aromatic heterocycles. The lowest BCUT2D eigenvalue weighted by Gasteiger charge is -2.27. The number of hydrogen-bond acceptors (Lipinski definition) is 3. The summed E-state index contributed by atoms with van der Waals surface area (Å²) < 4.78 is 2.29. The van der Waals surface area contributed by atoms with Crippen LogP contribution in [0.25, 0.3) is 0 Å². The summed E-state index contributed by atoms with van der Waals surface area (Å²) in [7, 11) is 0. The maximum absolute atomic E-state index is 6.43. The summed E-state index contributed by atoms with van der Waals surface area (Å²) in [6, 6.07) is 0.728. The van der Waals surface area contributed by atoms with Crippen molar-refractivity contribution in [2.24, 2.45) is 11.7 Å². The van der Waals surface area contributed by atoms with Gasteiger partial charge >= 0.3 is 0 Å². The average molecular weight is 234 g/mol. The van der Waals surface area contributed by atoms with Crippen molar-refractivity contribution >= 4 is 0 Å². The molecule has 4 nitrogen and oxygen atoms in total. The zero-order valence-electron chi connectivity index (χ0n) is 10.6. The third-order valence-corrected chi connectivity index (χ3v) is 4.26. The fourth-order valence-corrected chi connectivity index (χ4v) is 3.10. The lowest BCUT2D eigenvalue weighted by molar-refractivity contribution is 0.295. The SMILES string of the molecule is Cc1nnc(C(N)C2CCCCC2)n1C1CC1. The Morgan fingerprint density at radius 2 is 1.82 bits per heavy atom. The maximum atomic E-state index is 6.43. The van der Waals surface area contributed by atoms with E-state index in [1.807, 2.05) is 6.92 Å². The first-order valence-corrected chi connectivity index (χ1v) is 6.94. The summed E-state index contributed by atoms with van der Waals surface area (Å²) in [4.78, 5) is 0. The van der Waals surface area contributed by atoms with Gasteiger partial charge in [0, 0.05) is 6.04 Å². The molecule has 2 N–H and O–H groups in total. The summed E-state index contributed by atoms with van der Waals surface area (Å²) in [6.45, 7) is 2.04. The highest BCUT2D eigenvalue weighted by Gasteiger charge is 2.32. The van der Waals surface area contributed by atoms with Gasteiger partial charge < -0.3 is 10.3 Å². The highest BCUT2D eigenvalue weighted by Crippen LogP contribution is 2.39. The number of aromatic nitrogens is 3. The van der Waals surface area contributed by atoms with Crippen molar-refractivity contribution in [3.63, 3.8) is 0 Å². The fraction of sp³-hybridized carbons (Fsp3) is 0.846. The van der Waals surface area contributed by atoms with Crippen LogP contribution in [0, 0.1) is 12.8 Å². The molecular formula is C13H22N4. The normalized spacial score (nSPS) is 23.9. The zero-order chi connectivity index (χ0) is 11.8. The van der Waals surface area contributed by atoms with Crippen LogP contribution in [-0.2, 0) is 0 Å². The third-order valence-electron chi connectivity index (χ3n) is 4.26. The molecular weight excluding hydrogens is 212 g/mol. The van der Waals surface area contributed by atoms with Gasteiger partial charge in [-0.3, -0.25) is 0 Å². The molecule has 0 aromatic carbocycles. The van der Waals surface area contributed by atoms with E-state index in [0.717, 1.165) is 11.6 Å². The van der Waals surface area contributed by atoms with Crippen LogP contribution in [0.2, 0.25) is 0 Å². The van der Waals surface area contributed by atoms with Crippen molar-refractivity contribution in [1.29, 1.82) is 0 Å². The molecule has 0 spiro atoms. The minimum atomic E-state index is 0.0945. The van der Waals surface area contributed by atoms with E-state index >= 15 is 0 Å². The average Bonchev–Trinajstić information content (AvgIpc) is 3.13. The molecule has 2 saturated carbocycles. The standard InChI is InChI=1S/C13H22N4/c1-9-15-16-13(17(9)11-7-8-11)12(14)10-5-3-2-4-6-10/h10-12H,2-8,14H2,1H3. The van der Waals surface area contributed by atoms with Crippen molar-refractivity contribution in [3.05, 3.63) is 11.6 Å². The molecule has 0 amide bonds. The molecule has 3 rings (SSSR count). The fourth-order valence-electron chi connectivity index (χ4n) is 3.10. The van der Waals surface area contributed by atoms with Crippen molar-refractivity contribution in [2.45, 2.75) is 64.0 Å². The zero-order valence-corrected chi connectivity index (χ0v) is 10.6. The van der Waals surface area contributed by atoms with Crippen LogP contribution in [0.1, 0.15) is 68.7 Å². The van der Waals surface area contributed by atoms with E-state index in [2.05, 4.69) is 14.8 Å². The van der Waals surface area contributed by atoms with Crippen molar-refractivity contribution < 1.29 is 0 Å². The second-order valence-corrected chi connectivity index (χ2v) is 5.63. The van der Waals surface area contributed by atoms with Gasteiger partial charge in [-0.15, -0.1) is 10.2 Å². The van der Waals surface area contributed by atoms with E-state index in [1.165, 1.54) is 44.9 Å². The molecule has 0 saturated heterocycles. The molecule has 1 heterocycles. The highest BCUT2D eigenvalue weighted by atomic mass is 15.3. The lowest BCUT2D eigenvalue weighted by Crippen LogP contribution is -2.26. The van der Waals surface area contributed by atoms with Crippen LogP contribution < -0.4 is 5.73 Å². The van der Waals surface area contributed by atoms with Gasteiger partial charge in [-0.05, 0) is 38.5 Å². The number of hydrogen-bond donors (Lipinski definition) is 1. The van der Waals surface area contributed by atoms with Crippen LogP contribution >= 0.6 is 0 Å². The minimum Gasteiger partial charge on any atom is -0.321 e. The molecule has 94 valence electrons. The van der Waals surface area contributed by atoms with Crippen LogP contribution in [0.3, 0.4) is 0 Å². The first kappa shape index (κ1) is 11.2. The molecule has 4 heteroatoms. The number of rotatable bonds is 3. The molecule has 2 aliphatic carbocycles. The van der Waals surface area contributed by atoms with E-state index in [1.54, 1.807) is 0 Å². The third kappa shape index (κ3) is 2.10. The topological polar surface area (TPSA) is 56.7 Å². The molecule has 1 aromatic rings. The second-order valence-electron chi connectivity index (χ2n) is 5.63. The van der Waals surface area contributed by atoms with Gasteiger partial charge in [-0.2, -0.15) is 0 Å². The van der Waals surface area contributed by atoms with E-state index in [4.69, 9.17) is 5.73 Å². The summed E-state index contributed by atoms with van der Waals surface area (Å²) in [5.74, 6) is 2.69. The van der Waals surface area contributed by atoms with Crippen LogP contribution in [0.4, 0.5) is 0 Å². The van der Waals surface area contributed by atoms with Gasteiger partial charge in [0.05, 0.1) is 6.04 Å². The van der Waals surface area contributed by atoms with E-state index < -0.39 is 0 Å². The van der Waals surface area contributed by atoms with Crippen molar-refractivity contribution in [2.75, 3.05) is 0 Å². The molecule has 2 aliphatic rings. The molecule has 1 unspecified atom stereocenters. The predicted molar refractivity (Wildman–Crippen MR) is 66.5 cm³/mol. The van der Waals surface area contributed by atoms with E-state index in [9.17, 15) is 0 Å². The molecule has 1 atom stereocenters. The first-order valence-electron chi connectivity index (χ1n) is 6.94. The van der Waals surface area contributed by atoms with Crippen molar-refractivity contribution in [3.8, 4) is 0 Å².